The molecule has 1 amide bonds. The van der Waals surface area contributed by atoms with Gasteiger partial charge in [-0.1, -0.05) is 6.92 Å². The lowest BCUT2D eigenvalue weighted by Gasteiger charge is -2.22. The van der Waals surface area contributed by atoms with Crippen molar-refractivity contribution in [2.24, 2.45) is 0 Å². The lowest BCUT2D eigenvalue weighted by atomic mass is 10.2. The van der Waals surface area contributed by atoms with Crippen LogP contribution in [0.3, 0.4) is 0 Å². The standard InChI is InChI=1S/C15H23Br2N3O2/c1-5-11(8-20-14(21)22-15(2,3)4)18-9-13-12(17)6-10(16)7-19-13/h6-7,11,18H,5,8-9H2,1-4H3,(H,20,21). The van der Waals surface area contributed by atoms with Gasteiger partial charge in [0.15, 0.2) is 0 Å². The number of nitrogens with zero attached hydrogens (tertiary/aromatic N) is 1. The molecular formula is C15H23Br2N3O2. The van der Waals surface area contributed by atoms with Gasteiger partial charge >= 0.3 is 6.09 Å². The molecule has 2 N–H and O–H groups in total. The van der Waals surface area contributed by atoms with E-state index in [1.165, 1.54) is 0 Å². The maximum Gasteiger partial charge on any atom is 0.407 e. The van der Waals surface area contributed by atoms with Crippen LogP contribution in [-0.4, -0.2) is 29.3 Å². The number of nitrogens with one attached hydrogen (secondary N) is 2. The third-order valence-corrected chi connectivity index (χ3v) is 3.95. The Balaban J connectivity index is 2.43. The van der Waals surface area contributed by atoms with Crippen molar-refractivity contribution in [1.29, 1.82) is 0 Å². The molecule has 1 atom stereocenters. The number of alkyl carbamates (subject to hydrolysis) is 1. The lowest BCUT2D eigenvalue weighted by Crippen LogP contribution is -2.42. The molecule has 5 nitrogen and oxygen atoms in total. The summed E-state index contributed by atoms with van der Waals surface area (Å²) in [5.41, 5.74) is 0.449. The smallest absolute Gasteiger partial charge is 0.407 e. The van der Waals surface area contributed by atoms with Gasteiger partial charge in [-0.05, 0) is 65.1 Å². The summed E-state index contributed by atoms with van der Waals surface area (Å²) in [5.74, 6) is 0. The molecule has 0 aromatic carbocycles. The Morgan fingerprint density at radius 2 is 2.09 bits per heavy atom. The number of pyridine rings is 1. The average molecular weight is 437 g/mol. The molecule has 0 fully saturated rings. The molecule has 1 aromatic rings. The molecule has 0 aliphatic heterocycles. The van der Waals surface area contributed by atoms with Gasteiger partial charge in [-0.25, -0.2) is 4.79 Å². The number of carbonyl (C=O) groups excluding carboxylic acids is 1. The molecule has 1 rings (SSSR count). The van der Waals surface area contributed by atoms with E-state index in [1.807, 2.05) is 26.8 Å². The Labute approximate surface area is 148 Å². The summed E-state index contributed by atoms with van der Waals surface area (Å²) in [7, 11) is 0. The molecule has 124 valence electrons. The maximum absolute atomic E-state index is 11.7. The molecule has 0 bridgehead atoms. The fraction of sp³-hybridized carbons (Fsp3) is 0.600. The average Bonchev–Trinajstić information content (AvgIpc) is 2.38. The first-order valence-electron chi connectivity index (χ1n) is 7.21. The van der Waals surface area contributed by atoms with E-state index in [0.29, 0.717) is 13.1 Å². The minimum Gasteiger partial charge on any atom is -0.444 e. The molecule has 22 heavy (non-hydrogen) atoms. The van der Waals surface area contributed by atoms with Gasteiger partial charge in [-0.2, -0.15) is 0 Å². The van der Waals surface area contributed by atoms with E-state index in [1.54, 1.807) is 6.20 Å². The number of carbonyl (C=O) groups is 1. The highest BCUT2D eigenvalue weighted by Gasteiger charge is 2.17. The van der Waals surface area contributed by atoms with Gasteiger partial charge in [0.2, 0.25) is 0 Å². The van der Waals surface area contributed by atoms with Gasteiger partial charge < -0.3 is 15.4 Å². The SMILES string of the molecule is CCC(CNC(=O)OC(C)(C)C)NCc1ncc(Br)cc1Br. The summed E-state index contributed by atoms with van der Waals surface area (Å²) in [5, 5.41) is 6.17. The molecular weight excluding hydrogens is 414 g/mol. The van der Waals surface area contributed by atoms with Gasteiger partial charge in [0.1, 0.15) is 5.60 Å². The fourth-order valence-electron chi connectivity index (χ4n) is 1.70. The summed E-state index contributed by atoms with van der Waals surface area (Å²) < 4.78 is 7.11. The second-order valence-corrected chi connectivity index (χ2v) is 7.72. The monoisotopic (exact) mass is 435 g/mol. The molecule has 7 heteroatoms. The summed E-state index contributed by atoms with van der Waals surface area (Å²) in [6, 6.07) is 2.12. The largest absolute Gasteiger partial charge is 0.444 e. The van der Waals surface area contributed by atoms with Crippen LogP contribution in [0, 0.1) is 0 Å². The molecule has 0 aliphatic rings. The number of hydrogen-bond acceptors (Lipinski definition) is 4. The number of aromatic nitrogens is 1. The zero-order valence-corrected chi connectivity index (χ0v) is 16.5. The number of rotatable bonds is 6. The van der Waals surface area contributed by atoms with Crippen molar-refractivity contribution >= 4 is 38.0 Å². The van der Waals surface area contributed by atoms with Crippen molar-refractivity contribution in [2.45, 2.75) is 52.3 Å². The second kappa shape index (κ2) is 8.84. The molecule has 0 aliphatic carbocycles. The van der Waals surface area contributed by atoms with Crippen molar-refractivity contribution < 1.29 is 9.53 Å². The highest BCUT2D eigenvalue weighted by molar-refractivity contribution is 9.11. The first kappa shape index (κ1) is 19.4. The van der Waals surface area contributed by atoms with E-state index in [4.69, 9.17) is 4.74 Å². The number of halogens is 2. The summed E-state index contributed by atoms with van der Waals surface area (Å²) in [6.07, 6.45) is 2.27. The predicted molar refractivity (Wildman–Crippen MR) is 94.8 cm³/mol. The van der Waals surface area contributed by atoms with E-state index < -0.39 is 11.7 Å². The third-order valence-electron chi connectivity index (χ3n) is 2.83. The van der Waals surface area contributed by atoms with Gasteiger partial charge in [0.25, 0.3) is 0 Å². The number of ether oxygens (including phenoxy) is 1. The molecule has 0 spiro atoms. The van der Waals surface area contributed by atoms with Crippen LogP contribution < -0.4 is 10.6 Å². The summed E-state index contributed by atoms with van der Waals surface area (Å²) in [6.45, 7) is 8.75. The van der Waals surface area contributed by atoms with E-state index in [-0.39, 0.29) is 6.04 Å². The van der Waals surface area contributed by atoms with E-state index in [0.717, 1.165) is 21.1 Å². The molecule has 0 saturated carbocycles. The minimum absolute atomic E-state index is 0.157. The quantitative estimate of drug-likeness (QED) is 0.707. The van der Waals surface area contributed by atoms with E-state index >= 15 is 0 Å². The number of amides is 1. The Kier molecular flexibility index (Phi) is 7.79. The Morgan fingerprint density at radius 1 is 1.41 bits per heavy atom. The van der Waals surface area contributed by atoms with Crippen molar-refractivity contribution in [1.82, 2.24) is 15.6 Å². The zero-order chi connectivity index (χ0) is 16.8. The number of hydrogen-bond donors (Lipinski definition) is 2. The third kappa shape index (κ3) is 7.56. The maximum atomic E-state index is 11.7. The Morgan fingerprint density at radius 3 is 2.64 bits per heavy atom. The Hall–Kier alpha value is -0.660. The van der Waals surface area contributed by atoms with Crippen LogP contribution in [0.15, 0.2) is 21.2 Å². The van der Waals surface area contributed by atoms with Gasteiger partial charge in [0.05, 0.1) is 5.69 Å². The first-order valence-corrected chi connectivity index (χ1v) is 8.80. The van der Waals surface area contributed by atoms with Gasteiger partial charge in [-0.3, -0.25) is 4.98 Å². The van der Waals surface area contributed by atoms with Crippen molar-refractivity contribution in [3.8, 4) is 0 Å². The minimum atomic E-state index is -0.481. The normalized spacial score (nSPS) is 12.8. The topological polar surface area (TPSA) is 63.2 Å². The first-order chi connectivity index (χ1) is 10.2. The molecule has 1 unspecified atom stereocenters. The van der Waals surface area contributed by atoms with Crippen molar-refractivity contribution in [3.05, 3.63) is 26.9 Å². The molecule has 0 radical (unpaired) electrons. The van der Waals surface area contributed by atoms with Crippen LogP contribution >= 0.6 is 31.9 Å². The fourth-order valence-corrected chi connectivity index (χ4v) is 2.82. The lowest BCUT2D eigenvalue weighted by molar-refractivity contribution is 0.0522. The van der Waals surface area contributed by atoms with Crippen LogP contribution in [0.1, 0.15) is 39.8 Å². The van der Waals surface area contributed by atoms with Crippen LogP contribution in [-0.2, 0) is 11.3 Å². The summed E-state index contributed by atoms with van der Waals surface area (Å²) in [4.78, 5) is 16.0. The van der Waals surface area contributed by atoms with Crippen LogP contribution in [0.5, 0.6) is 0 Å². The van der Waals surface area contributed by atoms with Crippen molar-refractivity contribution in [2.75, 3.05) is 6.54 Å². The predicted octanol–water partition coefficient (Wildman–Crippen LogP) is 4.00. The highest BCUT2D eigenvalue weighted by atomic mass is 79.9. The highest BCUT2D eigenvalue weighted by Crippen LogP contribution is 2.19. The molecule has 0 saturated heterocycles. The zero-order valence-electron chi connectivity index (χ0n) is 13.4. The van der Waals surface area contributed by atoms with Crippen LogP contribution in [0.4, 0.5) is 4.79 Å². The van der Waals surface area contributed by atoms with Crippen LogP contribution in [0.25, 0.3) is 0 Å². The van der Waals surface area contributed by atoms with E-state index in [2.05, 4.69) is 54.4 Å². The van der Waals surface area contributed by atoms with E-state index in [9.17, 15) is 4.79 Å². The van der Waals surface area contributed by atoms with Crippen LogP contribution in [0.2, 0.25) is 0 Å². The van der Waals surface area contributed by atoms with Gasteiger partial charge in [0, 0.05) is 34.3 Å². The summed E-state index contributed by atoms with van der Waals surface area (Å²) >= 11 is 6.87. The second-order valence-electron chi connectivity index (χ2n) is 5.95. The van der Waals surface area contributed by atoms with Crippen molar-refractivity contribution in [3.63, 3.8) is 0 Å². The van der Waals surface area contributed by atoms with Gasteiger partial charge in [-0.15, -0.1) is 0 Å². The molecule has 1 aromatic heterocycles. The molecule has 1 heterocycles. The Bertz CT molecular complexity index is 504.